The summed E-state index contributed by atoms with van der Waals surface area (Å²) in [6.45, 7) is 15.8. The molecule has 0 bridgehead atoms. The topological polar surface area (TPSA) is 101 Å². The molecule has 208 valence electrons. The Morgan fingerprint density at radius 1 is 1.23 bits per heavy atom. The molecule has 0 amide bonds. The molecule has 2 aromatic heterocycles. The lowest BCUT2D eigenvalue weighted by Gasteiger charge is -2.14. The highest BCUT2D eigenvalue weighted by atomic mass is 32.2. The number of carbonyl (C=O) groups excluding carboxylic acids is 2. The Hall–Kier alpha value is -3.27. The predicted molar refractivity (Wildman–Crippen MR) is 163 cm³/mol. The van der Waals surface area contributed by atoms with Gasteiger partial charge in [-0.3, -0.25) is 19.0 Å². The summed E-state index contributed by atoms with van der Waals surface area (Å²) in [5.74, 6) is -0.0537. The van der Waals surface area contributed by atoms with Gasteiger partial charge < -0.3 is 10.4 Å². The minimum atomic E-state index is -0.148. The van der Waals surface area contributed by atoms with Crippen LogP contribution >= 0.6 is 23.1 Å². The summed E-state index contributed by atoms with van der Waals surface area (Å²) >= 11 is 2.64. The molecule has 2 N–H and O–H groups in total. The van der Waals surface area contributed by atoms with Crippen LogP contribution in [0.4, 0.5) is 0 Å². The average Bonchev–Trinajstić information content (AvgIpc) is 3.33. The molecule has 3 rings (SSSR count). The molecule has 0 aliphatic rings. The molecule has 0 unspecified atom stereocenters. The second-order valence-electron chi connectivity index (χ2n) is 9.15. The summed E-state index contributed by atoms with van der Waals surface area (Å²) in [5.41, 5.74) is 5.87. The van der Waals surface area contributed by atoms with Gasteiger partial charge in [0, 0.05) is 29.8 Å². The summed E-state index contributed by atoms with van der Waals surface area (Å²) in [4.78, 5) is 42.7. The zero-order chi connectivity index (χ0) is 29.1. The minimum Gasteiger partial charge on any atom is -0.396 e. The van der Waals surface area contributed by atoms with Crippen molar-refractivity contribution in [3.8, 4) is 11.1 Å². The molecule has 39 heavy (non-hydrogen) atoms. The van der Waals surface area contributed by atoms with Crippen molar-refractivity contribution in [3.63, 3.8) is 0 Å². The Bertz CT molecular complexity index is 1460. The van der Waals surface area contributed by atoms with Crippen LogP contribution < -0.4 is 10.9 Å². The van der Waals surface area contributed by atoms with Gasteiger partial charge in [-0.2, -0.15) is 0 Å². The third kappa shape index (κ3) is 8.36. The molecule has 0 aliphatic carbocycles. The van der Waals surface area contributed by atoms with E-state index in [-0.39, 0.29) is 23.6 Å². The van der Waals surface area contributed by atoms with Gasteiger partial charge in [0.1, 0.15) is 11.1 Å². The number of aromatic nitrogens is 2. The number of nitrogens with zero attached hydrogens (tertiary/aromatic N) is 2. The van der Waals surface area contributed by atoms with Gasteiger partial charge in [-0.25, -0.2) is 4.98 Å². The van der Waals surface area contributed by atoms with Crippen LogP contribution in [0, 0.1) is 13.8 Å². The molecule has 9 heteroatoms. The molecule has 3 aromatic rings. The van der Waals surface area contributed by atoms with E-state index in [1.165, 1.54) is 34.7 Å². The second kappa shape index (κ2) is 15.4. The van der Waals surface area contributed by atoms with E-state index in [1.807, 2.05) is 32.2 Å². The number of ketones is 1. The highest BCUT2D eigenvalue weighted by Gasteiger charge is 2.19. The van der Waals surface area contributed by atoms with E-state index < -0.39 is 0 Å². The third-order valence-electron chi connectivity index (χ3n) is 5.76. The molecule has 0 atom stereocenters. The number of thioether (sulfide) groups is 1. The number of rotatable bonds is 11. The smallest absolute Gasteiger partial charge is 0.263 e. The average molecular weight is 568 g/mol. The highest BCUT2D eigenvalue weighted by molar-refractivity contribution is 7.99. The number of hydrogen-bond donors (Lipinski definition) is 2. The largest absolute Gasteiger partial charge is 0.396 e. The van der Waals surface area contributed by atoms with E-state index in [9.17, 15) is 14.4 Å². The Morgan fingerprint density at radius 3 is 2.49 bits per heavy atom. The zero-order valence-corrected chi connectivity index (χ0v) is 25.1. The number of fused-ring (bicyclic) bond motifs is 1. The van der Waals surface area contributed by atoms with Crippen LogP contribution in [0.1, 0.15) is 45.2 Å². The normalized spacial score (nSPS) is 11.0. The second-order valence-corrected chi connectivity index (χ2v) is 10.9. The molecule has 0 fully saturated rings. The van der Waals surface area contributed by atoms with Gasteiger partial charge in [0.25, 0.3) is 5.56 Å². The van der Waals surface area contributed by atoms with Crippen molar-refractivity contribution in [1.82, 2.24) is 14.9 Å². The van der Waals surface area contributed by atoms with E-state index >= 15 is 0 Å². The third-order valence-corrected chi connectivity index (χ3v) is 7.61. The van der Waals surface area contributed by atoms with E-state index in [4.69, 9.17) is 10.1 Å². The van der Waals surface area contributed by atoms with Gasteiger partial charge >= 0.3 is 0 Å². The fourth-order valence-corrected chi connectivity index (χ4v) is 5.41. The summed E-state index contributed by atoms with van der Waals surface area (Å²) in [6.07, 6.45) is 4.56. The number of Topliss-reactive ketones (excluding diaryl/α,β-unsaturated/α-hetero) is 1. The Balaban J connectivity index is 0.00000124. The van der Waals surface area contributed by atoms with Crippen molar-refractivity contribution >= 4 is 45.4 Å². The molecule has 0 aliphatic heterocycles. The monoisotopic (exact) mass is 567 g/mol. The number of aldehydes is 1. The first-order valence-corrected chi connectivity index (χ1v) is 14.5. The maximum absolute atomic E-state index is 13.6. The highest BCUT2D eigenvalue weighted by Crippen LogP contribution is 2.33. The molecule has 0 radical (unpaired) electrons. The number of allylic oxidation sites excluding steroid dienone is 5. The number of nitrogens with one attached hydrogen (secondary N) is 1. The van der Waals surface area contributed by atoms with Crippen LogP contribution in [0.15, 0.2) is 69.2 Å². The number of carbonyl (C=O) groups is 2. The standard InChI is InChI=1S/C27H29N3O3S2.C3H8O/c1-7-11-30-26(33)23-21(20-9-8-17(4)18(5)13-20)14-34-25(23)29-27(30)35-15-22(32)24(16(2)3)28-19(6)10-12-31;1-2-3-4/h7-10,12-14,28H,1,11,15H2,2-6H3;4H,2-3H2,1H3/b19-10+;. The summed E-state index contributed by atoms with van der Waals surface area (Å²) in [5, 5.41) is 13.9. The van der Waals surface area contributed by atoms with E-state index in [0.29, 0.717) is 39.7 Å². The molecule has 2 heterocycles. The van der Waals surface area contributed by atoms with Crippen molar-refractivity contribution in [1.29, 1.82) is 0 Å². The van der Waals surface area contributed by atoms with Crippen LogP contribution in [0.5, 0.6) is 0 Å². The molecule has 0 spiro atoms. The quantitative estimate of drug-likeness (QED) is 0.0969. The first-order chi connectivity index (χ1) is 18.6. The Morgan fingerprint density at radius 2 is 1.92 bits per heavy atom. The van der Waals surface area contributed by atoms with Gasteiger partial charge in [0.2, 0.25) is 0 Å². The van der Waals surface area contributed by atoms with Crippen LogP contribution in [0.25, 0.3) is 21.3 Å². The van der Waals surface area contributed by atoms with Gasteiger partial charge in [-0.15, -0.1) is 17.9 Å². The number of hydrogen-bond acceptors (Lipinski definition) is 8. The van der Waals surface area contributed by atoms with Gasteiger partial charge in [-0.1, -0.05) is 43.0 Å². The molecule has 7 nitrogen and oxygen atoms in total. The van der Waals surface area contributed by atoms with Crippen molar-refractivity contribution in [2.24, 2.45) is 0 Å². The number of benzene rings is 1. The van der Waals surface area contributed by atoms with Crippen molar-refractivity contribution < 1.29 is 14.7 Å². The summed E-state index contributed by atoms with van der Waals surface area (Å²) in [6, 6.07) is 6.17. The van der Waals surface area contributed by atoms with Crippen LogP contribution in [0.2, 0.25) is 0 Å². The molecule has 1 aromatic carbocycles. The predicted octanol–water partition coefficient (Wildman–Crippen LogP) is 5.96. The molecular weight excluding hydrogens is 530 g/mol. The van der Waals surface area contributed by atoms with Gasteiger partial charge in [0.05, 0.1) is 16.8 Å². The molecule has 0 saturated heterocycles. The lowest BCUT2D eigenvalue weighted by molar-refractivity contribution is -0.113. The first-order valence-electron chi connectivity index (χ1n) is 12.6. The van der Waals surface area contributed by atoms with Crippen LogP contribution in [-0.2, 0) is 16.1 Å². The van der Waals surface area contributed by atoms with E-state index in [0.717, 1.165) is 28.7 Å². The van der Waals surface area contributed by atoms with E-state index in [2.05, 4.69) is 37.9 Å². The van der Waals surface area contributed by atoms with Crippen LogP contribution in [-0.4, -0.2) is 39.1 Å². The summed E-state index contributed by atoms with van der Waals surface area (Å²) in [7, 11) is 0. The Labute approximate surface area is 238 Å². The fraction of sp³-hybridized carbons (Fsp3) is 0.333. The van der Waals surface area contributed by atoms with Gasteiger partial charge in [0.15, 0.2) is 10.9 Å². The number of aliphatic hydroxyl groups excluding tert-OH is 1. The zero-order valence-electron chi connectivity index (χ0n) is 23.5. The Kier molecular flexibility index (Phi) is 12.6. The van der Waals surface area contributed by atoms with Crippen molar-refractivity contribution in [2.45, 2.75) is 59.7 Å². The van der Waals surface area contributed by atoms with Crippen molar-refractivity contribution in [2.75, 3.05) is 12.4 Å². The molecular formula is C30H37N3O4S2. The lowest BCUT2D eigenvalue weighted by Crippen LogP contribution is -2.24. The van der Waals surface area contributed by atoms with E-state index in [1.54, 1.807) is 17.6 Å². The fourth-order valence-electron chi connectivity index (χ4n) is 3.54. The SMILES string of the molecule is C=CCn1c(SCC(=O)C(N/C(C)=C/C=O)=C(C)C)nc2scc(-c3ccc(C)c(C)c3)c2c1=O.CCCO. The number of thiophene rings is 1. The van der Waals surface area contributed by atoms with Crippen molar-refractivity contribution in [3.05, 3.63) is 80.8 Å². The first kappa shape index (κ1) is 31.9. The summed E-state index contributed by atoms with van der Waals surface area (Å²) < 4.78 is 1.57. The number of aliphatic hydroxyl groups is 1. The lowest BCUT2D eigenvalue weighted by atomic mass is 10.0. The molecule has 0 saturated carbocycles. The van der Waals surface area contributed by atoms with Gasteiger partial charge in [-0.05, 0) is 69.4 Å². The maximum Gasteiger partial charge on any atom is 0.263 e. The maximum atomic E-state index is 13.6. The number of aryl methyl sites for hydroxylation is 2. The van der Waals surface area contributed by atoms with Crippen LogP contribution in [0.3, 0.4) is 0 Å². The minimum absolute atomic E-state index is 0.0896.